The lowest BCUT2D eigenvalue weighted by molar-refractivity contribution is -0.384. The van der Waals surface area contributed by atoms with E-state index in [9.17, 15) is 19.7 Å². The summed E-state index contributed by atoms with van der Waals surface area (Å²) in [6.45, 7) is 4.12. The summed E-state index contributed by atoms with van der Waals surface area (Å²) in [6, 6.07) is 12.9. The number of ketones is 1. The van der Waals surface area contributed by atoms with E-state index in [-0.39, 0.29) is 34.6 Å². The Morgan fingerprint density at radius 2 is 1.85 bits per heavy atom. The maximum Gasteiger partial charge on any atom is 0.338 e. The lowest BCUT2D eigenvalue weighted by Gasteiger charge is -2.36. The van der Waals surface area contributed by atoms with Gasteiger partial charge in [0.1, 0.15) is 24.2 Å². The second-order valence-electron chi connectivity index (χ2n) is 8.57. The molecule has 0 spiro atoms. The first kappa shape index (κ1) is 22.5. The number of fused-ring (bicyclic) bond motifs is 1. The third kappa shape index (κ3) is 4.89. The number of nitro groups is 1. The molecular formula is C25H25NO7. The second-order valence-corrected chi connectivity index (χ2v) is 8.57. The smallest absolute Gasteiger partial charge is 0.338 e. The Morgan fingerprint density at radius 3 is 2.55 bits per heavy atom. The molecule has 172 valence electrons. The summed E-state index contributed by atoms with van der Waals surface area (Å²) in [5.74, 6) is 0.0522. The summed E-state index contributed by atoms with van der Waals surface area (Å²) in [6.07, 6.45) is 1.98. The molecule has 1 saturated carbocycles. The molecule has 1 fully saturated rings. The molecule has 2 aromatic carbocycles. The number of para-hydroxylation sites is 1. The predicted molar refractivity (Wildman–Crippen MR) is 119 cm³/mol. The Bertz CT molecular complexity index is 1090. The monoisotopic (exact) mass is 451 g/mol. The first-order chi connectivity index (χ1) is 15.8. The molecule has 0 bridgehead atoms. The van der Waals surface area contributed by atoms with E-state index < -0.39 is 23.1 Å². The molecule has 4 rings (SSSR count). The highest BCUT2D eigenvalue weighted by Gasteiger charge is 2.42. The van der Waals surface area contributed by atoms with Crippen LogP contribution in [-0.4, -0.2) is 28.9 Å². The molecule has 0 amide bonds. The minimum absolute atomic E-state index is 0.0954. The highest BCUT2D eigenvalue weighted by molar-refractivity contribution is 5.96. The van der Waals surface area contributed by atoms with Crippen molar-refractivity contribution in [1.82, 2.24) is 0 Å². The molecule has 2 aromatic rings. The lowest BCUT2D eigenvalue weighted by atomic mass is 9.80. The number of hydrogen-bond acceptors (Lipinski definition) is 7. The number of hydrogen-bond donors (Lipinski definition) is 0. The second kappa shape index (κ2) is 9.44. The van der Waals surface area contributed by atoms with Crippen LogP contribution in [0.15, 0.2) is 60.6 Å². The van der Waals surface area contributed by atoms with Crippen molar-refractivity contribution >= 4 is 17.4 Å². The van der Waals surface area contributed by atoms with Crippen LogP contribution < -0.4 is 4.74 Å². The van der Waals surface area contributed by atoms with Crippen LogP contribution in [0, 0.1) is 16.0 Å². The lowest BCUT2D eigenvalue weighted by Crippen LogP contribution is -2.43. The SMILES string of the molecule is CC(C)c1ccccc1OC1=COC2CC(OC(=O)c3ccc([N+](=O)[O-])cc3)CCC2C1=O. The molecule has 0 saturated heterocycles. The topological polar surface area (TPSA) is 105 Å². The third-order valence-electron chi connectivity index (χ3n) is 6.02. The Balaban J connectivity index is 1.39. The van der Waals surface area contributed by atoms with E-state index in [0.717, 1.165) is 5.56 Å². The van der Waals surface area contributed by atoms with Crippen LogP contribution in [0.25, 0.3) is 0 Å². The number of rotatable bonds is 6. The number of nitrogens with zero attached hydrogens (tertiary/aromatic N) is 1. The minimum atomic E-state index is -0.555. The zero-order valence-corrected chi connectivity index (χ0v) is 18.4. The van der Waals surface area contributed by atoms with E-state index >= 15 is 0 Å². The molecule has 3 unspecified atom stereocenters. The third-order valence-corrected chi connectivity index (χ3v) is 6.02. The van der Waals surface area contributed by atoms with Gasteiger partial charge in [0.15, 0.2) is 0 Å². The largest absolute Gasteiger partial charge is 0.493 e. The van der Waals surface area contributed by atoms with E-state index in [0.29, 0.717) is 25.0 Å². The molecule has 1 heterocycles. The van der Waals surface area contributed by atoms with Crippen molar-refractivity contribution < 1.29 is 28.7 Å². The summed E-state index contributed by atoms with van der Waals surface area (Å²) in [5.41, 5.74) is 1.15. The maximum atomic E-state index is 13.0. The number of carbonyl (C=O) groups is 2. The number of nitro benzene ring substituents is 1. The van der Waals surface area contributed by atoms with Crippen molar-refractivity contribution in [3.05, 3.63) is 81.8 Å². The summed E-state index contributed by atoms with van der Waals surface area (Å²) in [5, 5.41) is 10.8. The average molecular weight is 451 g/mol. The Morgan fingerprint density at radius 1 is 1.12 bits per heavy atom. The van der Waals surface area contributed by atoms with Gasteiger partial charge < -0.3 is 14.2 Å². The number of carbonyl (C=O) groups excluding carboxylic acids is 2. The van der Waals surface area contributed by atoms with E-state index in [2.05, 4.69) is 13.8 Å². The molecule has 1 aliphatic carbocycles. The Kier molecular flexibility index (Phi) is 6.44. The van der Waals surface area contributed by atoms with Gasteiger partial charge in [0.05, 0.1) is 16.4 Å². The van der Waals surface area contributed by atoms with Gasteiger partial charge in [-0.15, -0.1) is 0 Å². The van der Waals surface area contributed by atoms with E-state index in [1.54, 1.807) is 0 Å². The van der Waals surface area contributed by atoms with Gasteiger partial charge in [-0.1, -0.05) is 32.0 Å². The Hall–Kier alpha value is -3.68. The van der Waals surface area contributed by atoms with Crippen LogP contribution in [0.5, 0.6) is 5.75 Å². The first-order valence-corrected chi connectivity index (χ1v) is 11.0. The summed E-state index contributed by atoms with van der Waals surface area (Å²) >= 11 is 0. The number of benzene rings is 2. The molecule has 0 radical (unpaired) electrons. The summed E-state index contributed by atoms with van der Waals surface area (Å²) in [4.78, 5) is 35.7. The molecular weight excluding hydrogens is 426 g/mol. The summed E-state index contributed by atoms with van der Waals surface area (Å²) < 4.78 is 17.3. The van der Waals surface area contributed by atoms with Gasteiger partial charge in [0.2, 0.25) is 11.5 Å². The van der Waals surface area contributed by atoms with Gasteiger partial charge in [0.25, 0.3) is 5.69 Å². The summed E-state index contributed by atoms with van der Waals surface area (Å²) in [7, 11) is 0. The zero-order chi connectivity index (χ0) is 23.5. The van der Waals surface area contributed by atoms with Gasteiger partial charge in [-0.3, -0.25) is 14.9 Å². The number of Topliss-reactive ketones (excluding diaryl/α,β-unsaturated/α-hetero) is 1. The molecule has 8 heteroatoms. The van der Waals surface area contributed by atoms with Crippen molar-refractivity contribution in [1.29, 1.82) is 0 Å². The molecule has 8 nitrogen and oxygen atoms in total. The normalized spacial score (nSPS) is 22.1. The van der Waals surface area contributed by atoms with E-state index in [1.807, 2.05) is 24.3 Å². The van der Waals surface area contributed by atoms with Crippen molar-refractivity contribution in [2.45, 2.75) is 51.2 Å². The van der Waals surface area contributed by atoms with Gasteiger partial charge in [-0.2, -0.15) is 0 Å². The Labute approximate surface area is 191 Å². The van der Waals surface area contributed by atoms with Crippen LogP contribution >= 0.6 is 0 Å². The van der Waals surface area contributed by atoms with Crippen LogP contribution in [0.4, 0.5) is 5.69 Å². The zero-order valence-electron chi connectivity index (χ0n) is 18.4. The first-order valence-electron chi connectivity index (χ1n) is 11.0. The maximum absolute atomic E-state index is 13.0. The van der Waals surface area contributed by atoms with Crippen LogP contribution in [0.1, 0.15) is 54.9 Å². The van der Waals surface area contributed by atoms with Gasteiger partial charge in [0, 0.05) is 18.6 Å². The fourth-order valence-corrected chi connectivity index (χ4v) is 4.22. The van der Waals surface area contributed by atoms with Crippen molar-refractivity contribution in [2.24, 2.45) is 5.92 Å². The van der Waals surface area contributed by atoms with Crippen LogP contribution in [-0.2, 0) is 14.3 Å². The van der Waals surface area contributed by atoms with E-state index in [1.165, 1.54) is 30.5 Å². The quantitative estimate of drug-likeness (QED) is 0.348. The highest BCUT2D eigenvalue weighted by atomic mass is 16.6. The molecule has 0 aromatic heterocycles. The van der Waals surface area contributed by atoms with Gasteiger partial charge >= 0.3 is 5.97 Å². The van der Waals surface area contributed by atoms with Gasteiger partial charge in [-0.05, 0) is 42.5 Å². The fourth-order valence-electron chi connectivity index (χ4n) is 4.22. The molecule has 1 aliphatic heterocycles. The molecule has 0 N–H and O–H groups in total. The van der Waals surface area contributed by atoms with Gasteiger partial charge in [-0.25, -0.2) is 4.79 Å². The van der Waals surface area contributed by atoms with E-state index in [4.69, 9.17) is 14.2 Å². The standard InChI is InChI=1S/C25H25NO7/c1-15(2)19-5-3-4-6-21(19)33-23-14-31-22-13-18(11-12-20(22)24(23)27)32-25(28)16-7-9-17(10-8-16)26(29)30/h3-10,14-15,18,20,22H,11-13H2,1-2H3. The van der Waals surface area contributed by atoms with Crippen LogP contribution in [0.3, 0.4) is 0 Å². The number of ether oxygens (including phenoxy) is 3. The fraction of sp³-hybridized carbons (Fsp3) is 0.360. The molecule has 2 aliphatic rings. The molecule has 3 atom stereocenters. The molecule has 33 heavy (non-hydrogen) atoms. The number of esters is 1. The highest BCUT2D eigenvalue weighted by Crippen LogP contribution is 2.36. The average Bonchev–Trinajstić information content (AvgIpc) is 2.81. The predicted octanol–water partition coefficient (Wildman–Crippen LogP) is 4.93. The number of allylic oxidation sites excluding steroid dienone is 1. The van der Waals surface area contributed by atoms with Crippen LogP contribution in [0.2, 0.25) is 0 Å². The number of non-ortho nitro benzene ring substituents is 1. The van der Waals surface area contributed by atoms with Crippen molar-refractivity contribution in [3.8, 4) is 5.75 Å². The van der Waals surface area contributed by atoms with Crippen molar-refractivity contribution in [3.63, 3.8) is 0 Å². The van der Waals surface area contributed by atoms with Crippen molar-refractivity contribution in [2.75, 3.05) is 0 Å². The minimum Gasteiger partial charge on any atom is -0.493 e.